The third-order valence-corrected chi connectivity index (χ3v) is 3.75. The van der Waals surface area contributed by atoms with E-state index in [1.54, 1.807) is 29.4 Å². The fraction of sp³-hybridized carbons (Fsp3) is 0.250. The van der Waals surface area contributed by atoms with Crippen molar-refractivity contribution in [3.63, 3.8) is 0 Å². The Kier molecular flexibility index (Phi) is 3.37. The minimum atomic E-state index is -0.400. The first-order valence-electron chi connectivity index (χ1n) is 7.53. The lowest BCUT2D eigenvalue weighted by molar-refractivity contribution is -0.118. The van der Waals surface area contributed by atoms with Gasteiger partial charge in [-0.1, -0.05) is 0 Å². The summed E-state index contributed by atoms with van der Waals surface area (Å²) in [5, 5.41) is 4.24. The molecule has 0 aliphatic carbocycles. The van der Waals surface area contributed by atoms with Gasteiger partial charge in [-0.25, -0.2) is 13.9 Å². The molecule has 1 aliphatic heterocycles. The fourth-order valence-corrected chi connectivity index (χ4v) is 2.73. The third kappa shape index (κ3) is 2.55. The van der Waals surface area contributed by atoms with Crippen LogP contribution in [0, 0.1) is 5.82 Å². The first-order valence-corrected chi connectivity index (χ1v) is 7.53. The van der Waals surface area contributed by atoms with Crippen molar-refractivity contribution in [3.05, 3.63) is 48.3 Å². The molecule has 0 unspecified atom stereocenters. The molecule has 24 heavy (non-hydrogen) atoms. The molecule has 3 aromatic rings. The van der Waals surface area contributed by atoms with Gasteiger partial charge in [0.2, 0.25) is 5.91 Å². The number of aromatic nitrogens is 4. The number of amides is 1. The molecule has 8 heteroatoms. The zero-order valence-corrected chi connectivity index (χ0v) is 12.9. The van der Waals surface area contributed by atoms with Crippen molar-refractivity contribution in [1.29, 1.82) is 0 Å². The van der Waals surface area contributed by atoms with Crippen molar-refractivity contribution in [2.75, 3.05) is 11.4 Å². The molecule has 0 radical (unpaired) electrons. The summed E-state index contributed by atoms with van der Waals surface area (Å²) in [6.45, 7) is 2.23. The second-order valence-corrected chi connectivity index (χ2v) is 5.61. The predicted octanol–water partition coefficient (Wildman–Crippen LogP) is 1.62. The van der Waals surface area contributed by atoms with Gasteiger partial charge in [0.05, 0.1) is 18.7 Å². The van der Waals surface area contributed by atoms with Crippen molar-refractivity contribution in [3.8, 4) is 5.75 Å². The Labute approximate surface area is 136 Å². The molecule has 0 saturated heterocycles. The normalized spacial score (nSPS) is 16.8. The summed E-state index contributed by atoms with van der Waals surface area (Å²) >= 11 is 0. The molecule has 0 saturated carbocycles. The lowest BCUT2D eigenvalue weighted by atomic mass is 10.1. The summed E-state index contributed by atoms with van der Waals surface area (Å²) in [4.78, 5) is 22.6. The van der Waals surface area contributed by atoms with Gasteiger partial charge in [-0.05, 0) is 25.1 Å². The van der Waals surface area contributed by atoms with Crippen molar-refractivity contribution >= 4 is 17.4 Å². The third-order valence-electron chi connectivity index (χ3n) is 3.75. The Bertz CT molecular complexity index is 893. The molecule has 2 aromatic heterocycles. The highest BCUT2D eigenvalue weighted by atomic mass is 19.1. The summed E-state index contributed by atoms with van der Waals surface area (Å²) in [7, 11) is 0. The first kappa shape index (κ1) is 14.6. The highest BCUT2D eigenvalue weighted by Gasteiger charge is 2.28. The molecular weight excluding hydrogens is 313 g/mol. The standard InChI is InChI=1S/C16H14FN5O2/c1-10-9-21(12-4-3-11(17)7-13(12)24-10)15(23)8-14-19-16-18-5-2-6-22(16)20-14/h2-7,10H,8-9H2,1H3/t10-/m0/s1. The van der Waals surface area contributed by atoms with E-state index in [-0.39, 0.29) is 18.4 Å². The summed E-state index contributed by atoms with van der Waals surface area (Å²) in [6, 6.07) is 5.89. The maximum absolute atomic E-state index is 13.4. The highest BCUT2D eigenvalue weighted by molar-refractivity contribution is 5.96. The largest absolute Gasteiger partial charge is 0.487 e. The van der Waals surface area contributed by atoms with Crippen LogP contribution in [0.15, 0.2) is 36.7 Å². The van der Waals surface area contributed by atoms with E-state index in [0.717, 1.165) is 0 Å². The van der Waals surface area contributed by atoms with Crippen LogP contribution in [0.5, 0.6) is 5.75 Å². The Morgan fingerprint density at radius 2 is 2.33 bits per heavy atom. The second kappa shape index (κ2) is 5.55. The van der Waals surface area contributed by atoms with E-state index in [0.29, 0.717) is 29.6 Å². The number of ether oxygens (including phenoxy) is 1. The van der Waals surface area contributed by atoms with E-state index in [4.69, 9.17) is 4.74 Å². The summed E-state index contributed by atoms with van der Waals surface area (Å²) in [6.07, 6.45) is 3.15. The molecule has 1 aromatic carbocycles. The van der Waals surface area contributed by atoms with E-state index >= 15 is 0 Å². The summed E-state index contributed by atoms with van der Waals surface area (Å²) < 4.78 is 20.5. The molecule has 0 N–H and O–H groups in total. The maximum Gasteiger partial charge on any atom is 0.252 e. The van der Waals surface area contributed by atoms with Crippen LogP contribution in [0.4, 0.5) is 10.1 Å². The van der Waals surface area contributed by atoms with Gasteiger partial charge in [-0.15, -0.1) is 5.10 Å². The van der Waals surface area contributed by atoms with Crippen LogP contribution < -0.4 is 9.64 Å². The number of anilines is 1. The highest BCUT2D eigenvalue weighted by Crippen LogP contribution is 2.34. The number of nitrogens with zero attached hydrogens (tertiary/aromatic N) is 5. The smallest absolute Gasteiger partial charge is 0.252 e. The number of rotatable bonds is 2. The van der Waals surface area contributed by atoms with Crippen LogP contribution in [-0.2, 0) is 11.2 Å². The Morgan fingerprint density at radius 3 is 3.17 bits per heavy atom. The molecule has 1 amide bonds. The van der Waals surface area contributed by atoms with Crippen molar-refractivity contribution in [1.82, 2.24) is 19.6 Å². The van der Waals surface area contributed by atoms with Crippen LogP contribution in [0.2, 0.25) is 0 Å². The minimum Gasteiger partial charge on any atom is -0.487 e. The second-order valence-electron chi connectivity index (χ2n) is 5.61. The van der Waals surface area contributed by atoms with Gasteiger partial charge in [0, 0.05) is 18.5 Å². The van der Waals surface area contributed by atoms with Gasteiger partial charge in [0.15, 0.2) is 5.82 Å². The van der Waals surface area contributed by atoms with Crippen molar-refractivity contribution in [2.24, 2.45) is 0 Å². The SMILES string of the molecule is C[C@H]1CN(C(=O)Cc2nc3ncccn3n2)c2ccc(F)cc2O1. The molecule has 0 spiro atoms. The summed E-state index contributed by atoms with van der Waals surface area (Å²) in [5.41, 5.74) is 0.557. The monoisotopic (exact) mass is 327 g/mol. The Balaban J connectivity index is 1.62. The lowest BCUT2D eigenvalue weighted by Gasteiger charge is -2.33. The quantitative estimate of drug-likeness (QED) is 0.715. The molecule has 3 heterocycles. The van der Waals surface area contributed by atoms with Gasteiger partial charge < -0.3 is 9.64 Å². The van der Waals surface area contributed by atoms with Crippen molar-refractivity contribution < 1.29 is 13.9 Å². The number of benzene rings is 1. The van der Waals surface area contributed by atoms with Gasteiger partial charge in [-0.3, -0.25) is 4.79 Å². The van der Waals surface area contributed by atoms with E-state index in [2.05, 4.69) is 15.1 Å². The molecule has 1 atom stereocenters. The first-order chi connectivity index (χ1) is 11.6. The number of hydrogen-bond acceptors (Lipinski definition) is 5. The van der Waals surface area contributed by atoms with Gasteiger partial charge in [0.1, 0.15) is 17.7 Å². The van der Waals surface area contributed by atoms with E-state index in [9.17, 15) is 9.18 Å². The number of carbonyl (C=O) groups is 1. The molecule has 7 nitrogen and oxygen atoms in total. The maximum atomic E-state index is 13.4. The number of fused-ring (bicyclic) bond motifs is 2. The predicted molar refractivity (Wildman–Crippen MR) is 83.3 cm³/mol. The van der Waals surface area contributed by atoms with Crippen LogP contribution >= 0.6 is 0 Å². The van der Waals surface area contributed by atoms with Gasteiger partial charge in [0.25, 0.3) is 5.78 Å². The lowest BCUT2D eigenvalue weighted by Crippen LogP contribution is -2.43. The van der Waals surface area contributed by atoms with Crippen LogP contribution in [0.1, 0.15) is 12.7 Å². The van der Waals surface area contributed by atoms with Crippen LogP contribution in [-0.4, -0.2) is 38.1 Å². The molecule has 1 aliphatic rings. The topological polar surface area (TPSA) is 72.6 Å². The zero-order chi connectivity index (χ0) is 16.7. The van der Waals surface area contributed by atoms with E-state index in [1.165, 1.54) is 16.6 Å². The fourth-order valence-electron chi connectivity index (χ4n) is 2.73. The summed E-state index contributed by atoms with van der Waals surface area (Å²) in [5.74, 6) is 0.628. The average molecular weight is 327 g/mol. The molecular formula is C16H14FN5O2. The van der Waals surface area contributed by atoms with Crippen LogP contribution in [0.25, 0.3) is 5.78 Å². The number of hydrogen-bond donors (Lipinski definition) is 0. The molecule has 122 valence electrons. The van der Waals surface area contributed by atoms with E-state index < -0.39 is 5.82 Å². The van der Waals surface area contributed by atoms with Crippen LogP contribution in [0.3, 0.4) is 0 Å². The molecule has 0 bridgehead atoms. The average Bonchev–Trinajstić information content (AvgIpc) is 2.95. The van der Waals surface area contributed by atoms with Gasteiger partial charge >= 0.3 is 0 Å². The molecule has 4 rings (SSSR count). The number of carbonyl (C=O) groups excluding carboxylic acids is 1. The van der Waals surface area contributed by atoms with Crippen molar-refractivity contribution in [2.45, 2.75) is 19.4 Å². The Morgan fingerprint density at radius 1 is 1.46 bits per heavy atom. The zero-order valence-electron chi connectivity index (χ0n) is 12.9. The number of halogens is 1. The molecule has 0 fully saturated rings. The van der Waals surface area contributed by atoms with E-state index in [1.807, 2.05) is 6.92 Å². The van der Waals surface area contributed by atoms with Gasteiger partial charge in [-0.2, -0.15) is 4.98 Å². The minimum absolute atomic E-state index is 0.0346. The Hall–Kier alpha value is -3.03.